The predicted octanol–water partition coefficient (Wildman–Crippen LogP) is 1.61. The Hall–Kier alpha value is -1.31. The second kappa shape index (κ2) is 3.12. The van der Waals surface area contributed by atoms with E-state index in [-0.39, 0.29) is 5.41 Å². The molecule has 1 aliphatic rings. The van der Waals surface area contributed by atoms with E-state index in [1.54, 1.807) is 0 Å². The summed E-state index contributed by atoms with van der Waals surface area (Å²) in [6, 6.07) is 0. The molecule has 0 N–H and O–H groups in total. The van der Waals surface area contributed by atoms with E-state index < -0.39 is 0 Å². The lowest BCUT2D eigenvalue weighted by molar-refractivity contribution is 0.494. The van der Waals surface area contributed by atoms with Gasteiger partial charge >= 0.3 is 0 Å². The fraction of sp³-hybridized carbons (Fsp3) is 0.417. The highest BCUT2D eigenvalue weighted by Crippen LogP contribution is 2.28. The maximum atomic E-state index is 5.27. The number of hydrogen-bond donors (Lipinski definition) is 0. The molecule has 0 fully saturated rings. The first kappa shape index (κ1) is 9.25. The molecular formula is C12H15NO. The van der Waals surface area contributed by atoms with E-state index in [0.717, 1.165) is 17.2 Å². The minimum atomic E-state index is 0.219. The van der Waals surface area contributed by atoms with Crippen LogP contribution in [0.25, 0.3) is 12.2 Å². The van der Waals surface area contributed by atoms with Gasteiger partial charge < -0.3 is 4.42 Å². The Labute approximate surface area is 83.7 Å². The molecular weight excluding hydrogens is 174 g/mol. The average molecular weight is 189 g/mol. The molecule has 1 aliphatic carbocycles. The van der Waals surface area contributed by atoms with Crippen LogP contribution in [0.3, 0.4) is 0 Å². The normalized spacial score (nSPS) is 16.1. The second-order valence-electron chi connectivity index (χ2n) is 4.62. The van der Waals surface area contributed by atoms with Crippen molar-refractivity contribution in [3.63, 3.8) is 0 Å². The number of allylic oxidation sites excluding steroid dienone is 2. The number of nitrogens with zero attached hydrogens (tertiary/aromatic N) is 1. The van der Waals surface area contributed by atoms with Crippen LogP contribution >= 0.6 is 0 Å². The lowest BCUT2D eigenvalue weighted by Gasteiger charge is -2.21. The summed E-state index contributed by atoms with van der Waals surface area (Å²) in [7, 11) is 0. The van der Waals surface area contributed by atoms with Gasteiger partial charge in [0.25, 0.3) is 0 Å². The lowest BCUT2D eigenvalue weighted by atomic mass is 9.84. The largest absolute Gasteiger partial charge is 0.444 e. The molecule has 0 spiro atoms. The van der Waals surface area contributed by atoms with Crippen LogP contribution in [0.5, 0.6) is 0 Å². The first-order valence-electron chi connectivity index (χ1n) is 4.88. The summed E-state index contributed by atoms with van der Waals surface area (Å²) >= 11 is 0. The van der Waals surface area contributed by atoms with Crippen LogP contribution < -0.4 is 10.8 Å². The average Bonchev–Trinajstić information content (AvgIpc) is 2.42. The molecule has 1 aromatic rings. The minimum absolute atomic E-state index is 0.219. The van der Waals surface area contributed by atoms with Gasteiger partial charge in [0.2, 0.25) is 0 Å². The maximum absolute atomic E-state index is 5.27. The molecule has 0 bridgehead atoms. The van der Waals surface area contributed by atoms with Crippen LogP contribution in [0.15, 0.2) is 22.5 Å². The highest BCUT2D eigenvalue weighted by Gasteiger charge is 2.16. The Kier molecular flexibility index (Phi) is 2.06. The van der Waals surface area contributed by atoms with Gasteiger partial charge in [0.1, 0.15) is 5.35 Å². The summed E-state index contributed by atoms with van der Waals surface area (Å²) in [5.74, 6) is 0. The summed E-state index contributed by atoms with van der Waals surface area (Å²) in [5, 5.41) is 0.934. The third-order valence-corrected chi connectivity index (χ3v) is 2.54. The van der Waals surface area contributed by atoms with Crippen molar-refractivity contribution in [3.05, 3.63) is 28.8 Å². The Balaban J connectivity index is 2.48. The molecule has 0 saturated carbocycles. The van der Waals surface area contributed by atoms with Crippen molar-refractivity contribution in [2.24, 2.45) is 5.41 Å². The zero-order valence-electron chi connectivity index (χ0n) is 8.87. The van der Waals surface area contributed by atoms with Crippen molar-refractivity contribution < 1.29 is 4.42 Å². The molecule has 0 aromatic carbocycles. The molecule has 2 heteroatoms. The molecule has 0 aliphatic heterocycles. The van der Waals surface area contributed by atoms with Gasteiger partial charge in [-0.2, -0.15) is 0 Å². The Morgan fingerprint density at radius 2 is 2.07 bits per heavy atom. The van der Waals surface area contributed by atoms with Crippen LogP contribution in [0.1, 0.15) is 27.2 Å². The molecule has 0 amide bonds. The second-order valence-corrected chi connectivity index (χ2v) is 4.62. The molecule has 0 saturated heterocycles. The monoisotopic (exact) mass is 189 g/mol. The van der Waals surface area contributed by atoms with Crippen molar-refractivity contribution >= 4 is 12.2 Å². The Morgan fingerprint density at radius 3 is 2.79 bits per heavy atom. The molecule has 2 rings (SSSR count). The number of fused-ring (bicyclic) bond motifs is 1. The fourth-order valence-electron chi connectivity index (χ4n) is 1.55. The Bertz CT molecular complexity index is 471. The van der Waals surface area contributed by atoms with E-state index >= 15 is 0 Å². The molecule has 0 unspecified atom stereocenters. The van der Waals surface area contributed by atoms with Crippen LogP contribution in [0.2, 0.25) is 0 Å². The van der Waals surface area contributed by atoms with Gasteiger partial charge in [0, 0.05) is 0 Å². The summed E-state index contributed by atoms with van der Waals surface area (Å²) in [6.07, 6.45) is 8.73. The molecule has 0 atom stereocenters. The van der Waals surface area contributed by atoms with E-state index in [9.17, 15) is 0 Å². The van der Waals surface area contributed by atoms with E-state index in [1.807, 2.05) is 6.08 Å². The standard InChI is InChI=1S/C12H15NO/c1-12(2,3)9-4-6-10-11(7-5-9)14-8-13-10/h4,6-8H,5H2,1-3H3. The number of hydrogen-bond acceptors (Lipinski definition) is 2. The lowest BCUT2D eigenvalue weighted by Crippen LogP contribution is -2.20. The van der Waals surface area contributed by atoms with Crippen LogP contribution in [-0.2, 0) is 0 Å². The first-order chi connectivity index (χ1) is 6.57. The topological polar surface area (TPSA) is 26.0 Å². The number of aromatic nitrogens is 1. The molecule has 74 valence electrons. The molecule has 1 heterocycles. The SMILES string of the molecule is CC(C)(C)C1=CC=c2ncoc2=CC1. The van der Waals surface area contributed by atoms with Crippen molar-refractivity contribution in [3.8, 4) is 0 Å². The smallest absolute Gasteiger partial charge is 0.181 e. The van der Waals surface area contributed by atoms with Gasteiger partial charge in [-0.25, -0.2) is 4.98 Å². The highest BCUT2D eigenvalue weighted by atomic mass is 16.3. The van der Waals surface area contributed by atoms with Crippen molar-refractivity contribution in [1.82, 2.24) is 4.98 Å². The first-order valence-corrected chi connectivity index (χ1v) is 4.88. The van der Waals surface area contributed by atoms with Crippen molar-refractivity contribution in [2.75, 3.05) is 0 Å². The summed E-state index contributed by atoms with van der Waals surface area (Å²) in [4.78, 5) is 4.14. The third-order valence-electron chi connectivity index (χ3n) is 2.54. The summed E-state index contributed by atoms with van der Waals surface area (Å²) < 4.78 is 5.27. The van der Waals surface area contributed by atoms with E-state index in [0.29, 0.717) is 0 Å². The van der Waals surface area contributed by atoms with Gasteiger partial charge in [-0.3, -0.25) is 0 Å². The van der Waals surface area contributed by atoms with Gasteiger partial charge in [-0.05, 0) is 24.0 Å². The molecule has 1 aromatic heterocycles. The van der Waals surface area contributed by atoms with E-state index in [4.69, 9.17) is 4.42 Å². The van der Waals surface area contributed by atoms with Gasteiger partial charge in [-0.15, -0.1) is 0 Å². The zero-order chi connectivity index (χ0) is 10.2. The summed E-state index contributed by atoms with van der Waals surface area (Å²) in [5.41, 5.74) is 2.52. The predicted molar refractivity (Wildman–Crippen MR) is 56.8 cm³/mol. The van der Waals surface area contributed by atoms with Crippen molar-refractivity contribution in [1.29, 1.82) is 0 Å². The van der Waals surface area contributed by atoms with Gasteiger partial charge in [0.05, 0.1) is 0 Å². The molecule has 2 nitrogen and oxygen atoms in total. The summed E-state index contributed by atoms with van der Waals surface area (Å²) in [6.45, 7) is 6.67. The Morgan fingerprint density at radius 1 is 1.29 bits per heavy atom. The number of rotatable bonds is 0. The quantitative estimate of drug-likeness (QED) is 0.619. The van der Waals surface area contributed by atoms with Crippen LogP contribution in [0, 0.1) is 5.41 Å². The molecule has 0 radical (unpaired) electrons. The number of oxazole rings is 1. The van der Waals surface area contributed by atoms with Crippen LogP contribution in [-0.4, -0.2) is 4.98 Å². The zero-order valence-corrected chi connectivity index (χ0v) is 8.87. The molecule has 14 heavy (non-hydrogen) atoms. The van der Waals surface area contributed by atoms with Crippen LogP contribution in [0.4, 0.5) is 0 Å². The van der Waals surface area contributed by atoms with Crippen molar-refractivity contribution in [2.45, 2.75) is 27.2 Å². The van der Waals surface area contributed by atoms with Gasteiger partial charge in [-0.1, -0.05) is 32.4 Å². The minimum Gasteiger partial charge on any atom is -0.444 e. The fourth-order valence-corrected chi connectivity index (χ4v) is 1.55. The van der Waals surface area contributed by atoms with Gasteiger partial charge in [0.15, 0.2) is 11.8 Å². The third kappa shape index (κ3) is 1.65. The maximum Gasteiger partial charge on any atom is 0.181 e. The highest BCUT2D eigenvalue weighted by molar-refractivity contribution is 5.45. The van der Waals surface area contributed by atoms with E-state index in [2.05, 4.69) is 37.9 Å². The van der Waals surface area contributed by atoms with E-state index in [1.165, 1.54) is 12.0 Å².